The van der Waals surface area contributed by atoms with Crippen LogP contribution in [0.25, 0.3) is 0 Å². The maximum atomic E-state index is 15.3. The highest BCUT2D eigenvalue weighted by Crippen LogP contribution is 2.64. The molecule has 6 atom stereocenters. The minimum absolute atomic E-state index is 0.0658. The highest BCUT2D eigenvalue weighted by molar-refractivity contribution is 6.36. The number of aliphatic hydroxyl groups is 1. The number of carbonyl (C=O) groups excluding carboxylic acids is 5. The summed E-state index contributed by atoms with van der Waals surface area (Å²) in [5.74, 6) is -5.08. The summed E-state index contributed by atoms with van der Waals surface area (Å²) in [6.45, 7) is 1.03. The van der Waals surface area contributed by atoms with Crippen molar-refractivity contribution >= 4 is 64.0 Å². The fourth-order valence-corrected chi connectivity index (χ4v) is 9.34. The van der Waals surface area contributed by atoms with Gasteiger partial charge in [0.15, 0.2) is 5.78 Å². The van der Waals surface area contributed by atoms with E-state index in [4.69, 9.17) is 32.4 Å². The van der Waals surface area contributed by atoms with Crippen LogP contribution >= 0.6 is 23.2 Å². The van der Waals surface area contributed by atoms with Crippen molar-refractivity contribution in [1.29, 1.82) is 0 Å². The Bertz CT molecular complexity index is 2230. The summed E-state index contributed by atoms with van der Waals surface area (Å²) >= 11 is 12.7. The van der Waals surface area contributed by atoms with Gasteiger partial charge in [0.25, 0.3) is 11.8 Å². The van der Waals surface area contributed by atoms with Gasteiger partial charge in [-0.15, -0.1) is 0 Å². The van der Waals surface area contributed by atoms with E-state index in [1.165, 1.54) is 25.0 Å². The van der Waals surface area contributed by atoms with Gasteiger partial charge in [0.05, 0.1) is 47.2 Å². The van der Waals surface area contributed by atoms with Gasteiger partial charge < -0.3 is 14.3 Å². The molecule has 3 aromatic carbocycles. The number of carbonyl (C=O) groups is 5. The van der Waals surface area contributed by atoms with Gasteiger partial charge in [-0.25, -0.2) is 0 Å². The third-order valence-electron chi connectivity index (χ3n) is 11.2. The Labute approximate surface area is 314 Å². The lowest BCUT2D eigenvalue weighted by Gasteiger charge is -2.49. The van der Waals surface area contributed by atoms with Crippen LogP contribution in [-0.4, -0.2) is 46.6 Å². The van der Waals surface area contributed by atoms with Gasteiger partial charge >= 0.3 is 0 Å². The van der Waals surface area contributed by atoms with Crippen molar-refractivity contribution in [2.45, 2.75) is 37.7 Å². The van der Waals surface area contributed by atoms with Crippen molar-refractivity contribution in [3.05, 3.63) is 123 Å². The quantitative estimate of drug-likeness (QED) is 0.117. The zero-order chi connectivity index (χ0) is 37.3. The number of rotatable bonds is 8. The molecular weight excluding hydrogens is 721 g/mol. The molecule has 2 aliphatic heterocycles. The van der Waals surface area contributed by atoms with Crippen molar-refractivity contribution in [2.75, 3.05) is 17.4 Å². The summed E-state index contributed by atoms with van der Waals surface area (Å²) in [5.41, 5.74) is 3.65. The molecule has 0 radical (unpaired) electrons. The first-order valence-corrected chi connectivity index (χ1v) is 17.9. The molecule has 0 bridgehead atoms. The largest absolute Gasteiger partial charge is 0.497 e. The molecule has 53 heavy (non-hydrogen) atoms. The molecule has 270 valence electrons. The van der Waals surface area contributed by atoms with E-state index in [0.717, 1.165) is 5.01 Å². The summed E-state index contributed by atoms with van der Waals surface area (Å²) in [6.07, 6.45) is 2.19. The van der Waals surface area contributed by atoms with E-state index in [1.807, 2.05) is 6.08 Å². The number of halogens is 2. The number of nitrogens with zero attached hydrogens (tertiary/aromatic N) is 2. The highest BCUT2D eigenvalue weighted by atomic mass is 35.5. The number of Topliss-reactive ketones (excluding diaryl/α,β-unsaturated/α-hetero) is 1. The van der Waals surface area contributed by atoms with E-state index in [-0.39, 0.29) is 41.0 Å². The van der Waals surface area contributed by atoms with Gasteiger partial charge in [0, 0.05) is 10.6 Å². The molecule has 2 saturated heterocycles. The van der Waals surface area contributed by atoms with Crippen molar-refractivity contribution < 1.29 is 38.2 Å². The smallest absolute Gasteiger partial charge is 0.260 e. The Kier molecular flexibility index (Phi) is 8.55. The number of hydrogen-bond donors (Lipinski definition) is 2. The van der Waals surface area contributed by atoms with Gasteiger partial charge in [0.2, 0.25) is 11.8 Å². The number of amides is 4. The van der Waals surface area contributed by atoms with E-state index < -0.39 is 59.3 Å². The van der Waals surface area contributed by atoms with Crippen LogP contribution in [0.15, 0.2) is 94.9 Å². The fourth-order valence-electron chi connectivity index (χ4n) is 8.89. The van der Waals surface area contributed by atoms with E-state index in [9.17, 15) is 24.3 Å². The normalized spacial score (nSPS) is 26.3. The Balaban J connectivity index is 1.29. The topological polar surface area (TPSA) is 146 Å². The summed E-state index contributed by atoms with van der Waals surface area (Å²) < 4.78 is 11.7. The van der Waals surface area contributed by atoms with Gasteiger partial charge in [0.1, 0.15) is 29.3 Å². The fraction of sp³-hybridized carbons (Fsp3) is 0.275. The highest BCUT2D eigenvalue weighted by Gasteiger charge is 2.71. The summed E-state index contributed by atoms with van der Waals surface area (Å²) in [5, 5.41) is 11.6. The number of allylic oxidation sites excluding steroid dienone is 2. The van der Waals surface area contributed by atoms with Crippen LogP contribution in [0.2, 0.25) is 10.0 Å². The second-order valence-corrected chi connectivity index (χ2v) is 14.6. The Hall–Kier alpha value is -5.23. The Morgan fingerprint density at radius 1 is 0.943 bits per heavy atom. The van der Waals surface area contributed by atoms with Crippen molar-refractivity contribution in [3.8, 4) is 5.75 Å². The van der Waals surface area contributed by atoms with Crippen molar-refractivity contribution in [1.82, 2.24) is 5.01 Å². The Morgan fingerprint density at radius 2 is 1.68 bits per heavy atom. The van der Waals surface area contributed by atoms with Crippen LogP contribution in [0.5, 0.6) is 5.75 Å². The maximum absolute atomic E-state index is 15.3. The molecule has 4 amide bonds. The molecule has 3 heterocycles. The number of imide groups is 2. The molecule has 4 aliphatic rings. The van der Waals surface area contributed by atoms with E-state index in [2.05, 4.69) is 5.43 Å². The third-order valence-corrected chi connectivity index (χ3v) is 11.8. The summed E-state index contributed by atoms with van der Waals surface area (Å²) in [4.78, 5) is 71.7. The van der Waals surface area contributed by atoms with Crippen LogP contribution < -0.4 is 15.1 Å². The van der Waals surface area contributed by atoms with E-state index in [0.29, 0.717) is 38.9 Å². The van der Waals surface area contributed by atoms with Gasteiger partial charge in [-0.1, -0.05) is 47.0 Å². The molecule has 8 rings (SSSR count). The molecule has 4 aromatic rings. The number of furan rings is 1. The zero-order valence-electron chi connectivity index (χ0n) is 28.5. The average Bonchev–Trinajstić information content (AvgIpc) is 3.80. The minimum Gasteiger partial charge on any atom is -0.497 e. The standard InChI is InChI=1S/C40H33Cl2N3O8/c1-20(47)21-3-8-24(9-4-21)44-36(48)28-14-13-27-29(34(28)38(44)50)18-30-37(49)45(43-32-15-7-23(41)17-31(32)42)39(51)40(30,22-5-10-25(52-2)11-6-22)35(27)33-16-12-26(19-46)53-33/h3-13,15-17,28-30,34-35,43,46H,14,18-19H2,1-2H3/t28-,29+,30-,34-,35+,40+/m0/s1. The number of nitrogens with one attached hydrogen (secondary N) is 1. The molecule has 2 aliphatic carbocycles. The lowest BCUT2D eigenvalue weighted by atomic mass is 9.50. The van der Waals surface area contributed by atoms with Crippen LogP contribution in [0.1, 0.15) is 53.1 Å². The number of fused-ring (bicyclic) bond motifs is 4. The second kappa shape index (κ2) is 13.0. The predicted octanol–water partition coefficient (Wildman–Crippen LogP) is 6.48. The van der Waals surface area contributed by atoms with E-state index in [1.54, 1.807) is 72.8 Å². The first kappa shape index (κ1) is 34.8. The molecule has 11 nitrogen and oxygen atoms in total. The number of benzene rings is 3. The number of methoxy groups -OCH3 is 1. The first-order chi connectivity index (χ1) is 25.5. The number of aliphatic hydroxyl groups excluding tert-OH is 1. The van der Waals surface area contributed by atoms with Gasteiger partial charge in [-0.2, -0.15) is 5.01 Å². The molecule has 0 unspecified atom stereocenters. The number of ketones is 1. The SMILES string of the molecule is COc1ccc([C@@]23C(=O)N(Nc4ccc(Cl)cc4Cl)C(=O)[C@@H]2C[C@@H]2C(=CC[C@@H]4C(=O)N(c5ccc(C(C)=O)cc5)C(=O)[C@@H]42)[C@@H]3c2ccc(CO)o2)cc1. The van der Waals surface area contributed by atoms with Gasteiger partial charge in [-0.3, -0.25) is 34.3 Å². The lowest BCUT2D eigenvalue weighted by molar-refractivity contribution is -0.138. The van der Waals surface area contributed by atoms with Gasteiger partial charge in [-0.05, 0) is 98.0 Å². The summed E-state index contributed by atoms with van der Waals surface area (Å²) in [6, 6.07) is 21.2. The molecule has 13 heteroatoms. The number of hydrazine groups is 1. The number of anilines is 2. The zero-order valence-corrected chi connectivity index (χ0v) is 30.1. The van der Waals surface area contributed by atoms with Crippen LogP contribution in [0.3, 0.4) is 0 Å². The van der Waals surface area contributed by atoms with Crippen LogP contribution in [0.4, 0.5) is 11.4 Å². The average molecular weight is 755 g/mol. The first-order valence-electron chi connectivity index (χ1n) is 17.1. The number of hydrogen-bond acceptors (Lipinski definition) is 9. The molecule has 1 saturated carbocycles. The monoisotopic (exact) mass is 753 g/mol. The lowest BCUT2D eigenvalue weighted by Crippen LogP contribution is -2.53. The molecular formula is C40H33Cl2N3O8. The molecule has 3 fully saturated rings. The van der Waals surface area contributed by atoms with Crippen LogP contribution in [-0.2, 0) is 31.2 Å². The maximum Gasteiger partial charge on any atom is 0.260 e. The predicted molar refractivity (Wildman–Crippen MR) is 194 cm³/mol. The van der Waals surface area contributed by atoms with E-state index >= 15 is 4.79 Å². The minimum atomic E-state index is -1.59. The van der Waals surface area contributed by atoms with Crippen LogP contribution in [0, 0.1) is 23.7 Å². The molecule has 2 N–H and O–H groups in total. The summed E-state index contributed by atoms with van der Waals surface area (Å²) in [7, 11) is 1.53. The molecule has 0 spiro atoms. The molecule has 1 aromatic heterocycles. The third kappa shape index (κ3) is 5.24. The Morgan fingerprint density at radius 3 is 2.32 bits per heavy atom. The number of ether oxygens (including phenoxy) is 1. The van der Waals surface area contributed by atoms with Crippen molar-refractivity contribution in [2.24, 2.45) is 23.7 Å². The second-order valence-electron chi connectivity index (χ2n) is 13.8. The van der Waals surface area contributed by atoms with Crippen molar-refractivity contribution in [3.63, 3.8) is 0 Å².